The minimum Gasteiger partial charge on any atom is -0.463 e. The quantitative estimate of drug-likeness (QED) is 0.0727. The van der Waals surface area contributed by atoms with Crippen molar-refractivity contribution in [2.75, 3.05) is 6.54 Å². The van der Waals surface area contributed by atoms with E-state index in [9.17, 15) is 14.4 Å². The summed E-state index contributed by atoms with van der Waals surface area (Å²) < 4.78 is 15.4. The second-order valence-electron chi connectivity index (χ2n) is 15.2. The average molecular weight is 820 g/mol. The highest BCUT2D eigenvalue weighted by molar-refractivity contribution is 5.86. The maximum atomic E-state index is 13.1. The fourth-order valence-electron chi connectivity index (χ4n) is 6.99. The third-order valence-corrected chi connectivity index (χ3v) is 10.8. The number of hydrogen-bond donors (Lipinski definition) is 0. The number of fused-ring (bicyclic) bond motifs is 2. The second-order valence-corrected chi connectivity index (χ2v) is 15.2. The van der Waals surface area contributed by atoms with Crippen molar-refractivity contribution in [2.24, 2.45) is 0 Å². The van der Waals surface area contributed by atoms with Crippen molar-refractivity contribution in [1.29, 1.82) is 0 Å². The molecule has 0 unspecified atom stereocenters. The summed E-state index contributed by atoms with van der Waals surface area (Å²) in [5, 5.41) is 1.11. The fourth-order valence-corrected chi connectivity index (χ4v) is 6.99. The molecule has 2 aromatic carbocycles. The molecule has 0 bridgehead atoms. The van der Waals surface area contributed by atoms with E-state index in [0.717, 1.165) is 61.3 Å². The number of benzene rings is 2. The average Bonchev–Trinajstić information content (AvgIpc) is 4.01. The first kappa shape index (κ1) is 43.8. The van der Waals surface area contributed by atoms with Gasteiger partial charge in [-0.15, -0.1) is 0 Å². The molecule has 0 aliphatic rings. The summed E-state index contributed by atoms with van der Waals surface area (Å²) in [5.74, 6) is 0. The Morgan fingerprint density at radius 2 is 1.15 bits per heavy atom. The largest absolute Gasteiger partial charge is 0.463 e. The van der Waals surface area contributed by atoms with E-state index in [0.29, 0.717) is 40.3 Å². The summed E-state index contributed by atoms with van der Waals surface area (Å²) in [6.45, 7) is 12.0. The molecule has 0 aliphatic carbocycles. The maximum Gasteiger partial charge on any atom is 0.203 e. The molecule has 0 aliphatic heterocycles. The van der Waals surface area contributed by atoms with Gasteiger partial charge in [0.25, 0.3) is 0 Å². The lowest BCUT2D eigenvalue weighted by Gasteiger charge is -2.22. The molecule has 0 amide bonds. The molecule has 6 aromatic heterocycles. The van der Waals surface area contributed by atoms with Gasteiger partial charge in [-0.2, -0.15) is 0 Å². The van der Waals surface area contributed by atoms with Crippen LogP contribution in [0.3, 0.4) is 0 Å². The number of imidazole rings is 2. The zero-order valence-electron chi connectivity index (χ0n) is 35.4. The van der Waals surface area contributed by atoms with E-state index in [1.807, 2.05) is 102 Å². The summed E-state index contributed by atoms with van der Waals surface area (Å²) in [7, 11) is 0. The van der Waals surface area contributed by atoms with E-state index in [1.165, 1.54) is 36.7 Å². The zero-order chi connectivity index (χ0) is 43.0. The summed E-state index contributed by atoms with van der Waals surface area (Å²) in [4.78, 5) is 53.9. The van der Waals surface area contributed by atoms with Crippen LogP contribution in [0.5, 0.6) is 0 Å². The summed E-state index contributed by atoms with van der Waals surface area (Å²) >= 11 is 0. The number of carbonyl (C=O) groups is 1. The highest BCUT2D eigenvalue weighted by Gasteiger charge is 2.15. The van der Waals surface area contributed by atoms with Gasteiger partial charge in [-0.3, -0.25) is 29.3 Å². The molecule has 6 heterocycles. The molecule has 8 aromatic rings. The van der Waals surface area contributed by atoms with Crippen LogP contribution in [-0.2, 0) is 32.6 Å². The molecule has 314 valence electrons. The fraction of sp³-hybridized carbons (Fsp3) is 0.286. The first-order valence-corrected chi connectivity index (χ1v) is 20.6. The van der Waals surface area contributed by atoms with Gasteiger partial charge in [-0.25, -0.2) is 9.97 Å². The third kappa shape index (κ3) is 12.1. The Kier molecular flexibility index (Phi) is 15.8. The van der Waals surface area contributed by atoms with Crippen LogP contribution in [0.25, 0.3) is 21.9 Å². The molecule has 0 atom stereocenters. The summed E-state index contributed by atoms with van der Waals surface area (Å²) in [6, 6.07) is 15.6. The second kappa shape index (κ2) is 22.0. The van der Waals surface area contributed by atoms with Crippen LogP contribution >= 0.6 is 0 Å². The van der Waals surface area contributed by atoms with Gasteiger partial charge in [0.1, 0.15) is 17.4 Å². The van der Waals surface area contributed by atoms with Gasteiger partial charge in [0.05, 0.1) is 35.3 Å². The number of rotatable bonds is 15. The predicted octanol–water partition coefficient (Wildman–Crippen LogP) is 9.01. The van der Waals surface area contributed by atoms with E-state index in [1.54, 1.807) is 30.9 Å². The number of nitrogens with zero attached hydrogens (tertiary/aromatic N) is 7. The molecule has 0 saturated carbocycles. The van der Waals surface area contributed by atoms with Crippen LogP contribution in [0, 0.1) is 27.7 Å². The van der Waals surface area contributed by atoms with Gasteiger partial charge in [-0.1, -0.05) is 18.6 Å². The lowest BCUT2D eigenvalue weighted by atomic mass is 10.0. The first-order valence-electron chi connectivity index (χ1n) is 20.6. The molecule has 61 heavy (non-hydrogen) atoms. The van der Waals surface area contributed by atoms with Crippen LogP contribution in [0.15, 0.2) is 142 Å². The Labute approximate surface area is 355 Å². The molecule has 8 rings (SSSR count). The molecule has 0 radical (unpaired) electrons. The molecule has 0 saturated heterocycles. The first-order chi connectivity index (χ1) is 29.7. The predicted molar refractivity (Wildman–Crippen MR) is 239 cm³/mol. The van der Waals surface area contributed by atoms with Gasteiger partial charge in [-0.05, 0) is 123 Å². The van der Waals surface area contributed by atoms with E-state index >= 15 is 0 Å². The Morgan fingerprint density at radius 1 is 0.590 bits per heavy atom. The normalized spacial score (nSPS) is 11.0. The van der Waals surface area contributed by atoms with Crippen LogP contribution < -0.4 is 10.9 Å². The number of aryl methyl sites for hydroxylation is 7. The number of pyridine rings is 2. The Morgan fingerprint density at radius 3 is 1.72 bits per heavy atom. The maximum absolute atomic E-state index is 13.1. The van der Waals surface area contributed by atoms with Crippen molar-refractivity contribution in [2.45, 2.75) is 86.0 Å². The van der Waals surface area contributed by atoms with Gasteiger partial charge < -0.3 is 18.0 Å². The van der Waals surface area contributed by atoms with Gasteiger partial charge in [0, 0.05) is 87.9 Å². The van der Waals surface area contributed by atoms with Crippen LogP contribution in [0.2, 0.25) is 0 Å². The topological polar surface area (TPSA) is 142 Å². The van der Waals surface area contributed by atoms with E-state index in [4.69, 9.17) is 8.83 Å². The molecule has 12 nitrogen and oxygen atoms in total. The minimum absolute atomic E-state index is 0.0497. The van der Waals surface area contributed by atoms with Crippen molar-refractivity contribution < 1.29 is 13.6 Å². The van der Waals surface area contributed by atoms with E-state index < -0.39 is 0 Å². The number of unbranched alkanes of at least 4 members (excludes halogenated alkanes) is 2. The van der Waals surface area contributed by atoms with Gasteiger partial charge in [0.2, 0.25) is 5.43 Å². The standard InChI is InChI=1S/C24H26N4O2.C13H17N3.C12H10O3/c1-18-4-5-22-23(29)21(16-30-24(22)19(18)2)15-28(14-20-6-8-25-9-7-20)12-3-11-27-13-10-26-17-27;1(3-10-16-11-9-15-12-16)2-4-13-5-7-14-8-6-13;1-7-3-4-10-11(14)9(5-13)6-15-12(10)8(7)2/h4-10,13,16-17H,3,11-12,14-15H2,1-2H3;5-9,11-12H,1-4,10H2;3-6H,1-2H3. The highest BCUT2D eigenvalue weighted by Crippen LogP contribution is 2.21. The molecule has 0 fully saturated rings. The van der Waals surface area contributed by atoms with Crippen molar-refractivity contribution >= 4 is 28.2 Å². The van der Waals surface area contributed by atoms with Crippen LogP contribution in [-0.4, -0.2) is 46.8 Å². The molecular formula is C49H53N7O5. The minimum atomic E-state index is -0.269. The Bertz CT molecular complexity index is 2710. The highest BCUT2D eigenvalue weighted by atomic mass is 16.3. The van der Waals surface area contributed by atoms with E-state index in [-0.39, 0.29) is 16.4 Å². The summed E-state index contributed by atoms with van der Waals surface area (Å²) in [6.07, 6.45) is 27.8. The SMILES string of the molecule is Cc1ccc2c(=O)c(C=O)coc2c1C.Cc1ccc2c(=O)c(CN(CCCn3ccnc3)Cc3ccncc3)coc2c1C.c1cc(CCCCCn2ccnc2)ccn1. The lowest BCUT2D eigenvalue weighted by Crippen LogP contribution is -2.27. The molecule has 0 spiro atoms. The molecule has 0 N–H and O–H groups in total. The Balaban J connectivity index is 0.000000169. The van der Waals surface area contributed by atoms with Crippen LogP contribution in [0.1, 0.15) is 75.0 Å². The smallest absolute Gasteiger partial charge is 0.203 e. The van der Waals surface area contributed by atoms with Crippen molar-refractivity contribution in [1.82, 2.24) is 34.0 Å². The van der Waals surface area contributed by atoms with Crippen molar-refractivity contribution in [3.05, 3.63) is 188 Å². The molecule has 12 heteroatoms. The number of hydrogen-bond acceptors (Lipinski definition) is 10. The lowest BCUT2D eigenvalue weighted by molar-refractivity contribution is 0.112. The summed E-state index contributed by atoms with van der Waals surface area (Å²) in [5.41, 5.74) is 8.46. The van der Waals surface area contributed by atoms with Crippen molar-refractivity contribution in [3.8, 4) is 0 Å². The zero-order valence-corrected chi connectivity index (χ0v) is 35.4. The van der Waals surface area contributed by atoms with E-state index in [2.05, 4.69) is 46.1 Å². The number of carbonyl (C=O) groups excluding carboxylic acids is 1. The number of aromatic nitrogens is 6. The van der Waals surface area contributed by atoms with Crippen molar-refractivity contribution in [3.63, 3.8) is 0 Å². The van der Waals surface area contributed by atoms with Gasteiger partial charge in [0.15, 0.2) is 11.7 Å². The third-order valence-electron chi connectivity index (χ3n) is 10.8. The monoisotopic (exact) mass is 819 g/mol. The molecular weight excluding hydrogens is 767 g/mol. The van der Waals surface area contributed by atoms with Crippen LogP contribution in [0.4, 0.5) is 0 Å². The number of aldehydes is 1. The Hall–Kier alpha value is -6.79. The van der Waals surface area contributed by atoms with Gasteiger partial charge >= 0.3 is 0 Å².